The molecule has 0 spiro atoms. The summed E-state index contributed by atoms with van der Waals surface area (Å²) in [6, 6.07) is 8.07. The lowest BCUT2D eigenvalue weighted by Crippen LogP contribution is -2.26. The molecule has 2 heterocycles. The van der Waals surface area contributed by atoms with Crippen LogP contribution in [0.1, 0.15) is 31.1 Å². The van der Waals surface area contributed by atoms with Crippen molar-refractivity contribution in [1.82, 2.24) is 10.5 Å². The number of rotatable bonds is 2. The highest BCUT2D eigenvalue weighted by Gasteiger charge is 2.22. The number of halogens is 1. The number of nitrogens with zero attached hydrogens (tertiary/aromatic N) is 1. The van der Waals surface area contributed by atoms with Crippen molar-refractivity contribution in [2.75, 3.05) is 6.54 Å². The van der Waals surface area contributed by atoms with E-state index in [9.17, 15) is 0 Å². The standard InChI is InChI=1S/C14H15ClN2O/c15-11-5-3-4-10(8-11)12-9-17-18-14(12)13-6-1-2-7-16-13/h3-5,8-9,13,16H,1-2,6-7H2. The van der Waals surface area contributed by atoms with E-state index < -0.39 is 0 Å². The third-order valence-electron chi connectivity index (χ3n) is 3.36. The normalized spacial score (nSPS) is 19.9. The van der Waals surface area contributed by atoms with Crippen LogP contribution in [0, 0.1) is 0 Å². The van der Waals surface area contributed by atoms with E-state index in [1.165, 1.54) is 12.8 Å². The molecule has 1 N–H and O–H groups in total. The van der Waals surface area contributed by atoms with Gasteiger partial charge >= 0.3 is 0 Å². The van der Waals surface area contributed by atoms with Crippen LogP contribution in [0.15, 0.2) is 35.0 Å². The van der Waals surface area contributed by atoms with E-state index in [1.54, 1.807) is 6.20 Å². The number of nitrogens with one attached hydrogen (secondary N) is 1. The SMILES string of the molecule is Clc1cccc(-c2cnoc2C2CCCCN2)c1. The minimum atomic E-state index is 0.273. The van der Waals surface area contributed by atoms with Crippen LogP contribution in [0.25, 0.3) is 11.1 Å². The zero-order valence-electron chi connectivity index (χ0n) is 10.0. The van der Waals surface area contributed by atoms with Gasteiger partial charge in [0.1, 0.15) is 0 Å². The molecule has 1 aromatic carbocycles. The van der Waals surface area contributed by atoms with Gasteiger partial charge in [0, 0.05) is 10.6 Å². The fourth-order valence-electron chi connectivity index (χ4n) is 2.45. The Balaban J connectivity index is 1.95. The van der Waals surface area contributed by atoms with Gasteiger partial charge in [0.2, 0.25) is 0 Å². The van der Waals surface area contributed by atoms with Gasteiger partial charge < -0.3 is 9.84 Å². The molecule has 18 heavy (non-hydrogen) atoms. The molecule has 1 aliphatic heterocycles. The zero-order chi connectivity index (χ0) is 12.4. The van der Waals surface area contributed by atoms with Crippen LogP contribution in [0.4, 0.5) is 0 Å². The van der Waals surface area contributed by atoms with Gasteiger partial charge in [0.15, 0.2) is 5.76 Å². The molecule has 1 aliphatic rings. The van der Waals surface area contributed by atoms with Crippen molar-refractivity contribution < 1.29 is 4.52 Å². The minimum Gasteiger partial charge on any atom is -0.359 e. The van der Waals surface area contributed by atoms with E-state index in [1.807, 2.05) is 24.3 Å². The van der Waals surface area contributed by atoms with E-state index in [0.717, 1.165) is 34.9 Å². The summed E-state index contributed by atoms with van der Waals surface area (Å²) in [7, 11) is 0. The summed E-state index contributed by atoms with van der Waals surface area (Å²) < 4.78 is 5.44. The van der Waals surface area contributed by atoms with Crippen LogP contribution in [0.5, 0.6) is 0 Å². The molecule has 1 saturated heterocycles. The van der Waals surface area contributed by atoms with Crippen LogP contribution in [-0.4, -0.2) is 11.7 Å². The smallest absolute Gasteiger partial charge is 0.161 e. The first-order chi connectivity index (χ1) is 8.84. The van der Waals surface area contributed by atoms with Gasteiger partial charge in [-0.3, -0.25) is 0 Å². The molecule has 1 unspecified atom stereocenters. The van der Waals surface area contributed by atoms with Crippen LogP contribution in [0.2, 0.25) is 5.02 Å². The predicted octanol–water partition coefficient (Wildman–Crippen LogP) is 3.81. The van der Waals surface area contributed by atoms with Gasteiger partial charge in [-0.15, -0.1) is 0 Å². The van der Waals surface area contributed by atoms with Crippen LogP contribution < -0.4 is 5.32 Å². The first-order valence-corrected chi connectivity index (χ1v) is 6.66. The number of hydrogen-bond acceptors (Lipinski definition) is 3. The molecule has 94 valence electrons. The highest BCUT2D eigenvalue weighted by atomic mass is 35.5. The molecule has 0 radical (unpaired) electrons. The van der Waals surface area contributed by atoms with Crippen molar-refractivity contribution in [3.05, 3.63) is 41.2 Å². The molecular formula is C14H15ClN2O. The fourth-order valence-corrected chi connectivity index (χ4v) is 2.64. The Bertz CT molecular complexity index is 532. The summed E-state index contributed by atoms with van der Waals surface area (Å²) in [6.07, 6.45) is 5.34. The Morgan fingerprint density at radius 1 is 1.33 bits per heavy atom. The Morgan fingerprint density at radius 3 is 3.06 bits per heavy atom. The summed E-state index contributed by atoms with van der Waals surface area (Å²) in [4.78, 5) is 0. The molecule has 0 bridgehead atoms. The molecule has 0 saturated carbocycles. The Morgan fingerprint density at radius 2 is 2.28 bits per heavy atom. The summed E-state index contributed by atoms with van der Waals surface area (Å²) in [5.41, 5.74) is 2.10. The third-order valence-corrected chi connectivity index (χ3v) is 3.60. The second-order valence-electron chi connectivity index (χ2n) is 4.62. The number of hydrogen-bond donors (Lipinski definition) is 1. The minimum absolute atomic E-state index is 0.273. The van der Waals surface area contributed by atoms with E-state index in [0.29, 0.717) is 0 Å². The topological polar surface area (TPSA) is 38.1 Å². The van der Waals surface area contributed by atoms with E-state index in [4.69, 9.17) is 16.1 Å². The quantitative estimate of drug-likeness (QED) is 0.894. The highest BCUT2D eigenvalue weighted by molar-refractivity contribution is 6.30. The molecule has 4 heteroatoms. The van der Waals surface area contributed by atoms with Gasteiger partial charge in [-0.05, 0) is 37.1 Å². The van der Waals surface area contributed by atoms with Crippen LogP contribution >= 0.6 is 11.6 Å². The van der Waals surface area contributed by atoms with E-state index in [2.05, 4.69) is 10.5 Å². The monoisotopic (exact) mass is 262 g/mol. The maximum Gasteiger partial charge on any atom is 0.161 e. The number of benzene rings is 1. The average Bonchev–Trinajstić information content (AvgIpc) is 2.89. The van der Waals surface area contributed by atoms with Crippen molar-refractivity contribution in [3.8, 4) is 11.1 Å². The summed E-state index contributed by atoms with van der Waals surface area (Å²) >= 11 is 6.03. The molecule has 1 aromatic heterocycles. The Labute approximate surface area is 111 Å². The first kappa shape index (κ1) is 11.8. The maximum atomic E-state index is 6.03. The lowest BCUT2D eigenvalue weighted by atomic mass is 9.97. The fraction of sp³-hybridized carbons (Fsp3) is 0.357. The van der Waals surface area contributed by atoms with Crippen molar-refractivity contribution >= 4 is 11.6 Å². The number of piperidine rings is 1. The molecular weight excluding hydrogens is 248 g/mol. The third kappa shape index (κ3) is 2.28. The van der Waals surface area contributed by atoms with Gasteiger partial charge in [0.25, 0.3) is 0 Å². The van der Waals surface area contributed by atoms with Crippen molar-refractivity contribution in [2.45, 2.75) is 25.3 Å². The highest BCUT2D eigenvalue weighted by Crippen LogP contribution is 2.32. The molecule has 1 atom stereocenters. The lowest BCUT2D eigenvalue weighted by molar-refractivity contribution is 0.306. The Hall–Kier alpha value is -1.32. The Kier molecular flexibility index (Phi) is 3.35. The second kappa shape index (κ2) is 5.12. The molecule has 1 fully saturated rings. The lowest BCUT2D eigenvalue weighted by Gasteiger charge is -2.21. The van der Waals surface area contributed by atoms with E-state index >= 15 is 0 Å². The van der Waals surface area contributed by atoms with Crippen LogP contribution in [-0.2, 0) is 0 Å². The van der Waals surface area contributed by atoms with Crippen molar-refractivity contribution in [2.24, 2.45) is 0 Å². The first-order valence-electron chi connectivity index (χ1n) is 6.28. The molecule has 0 aliphatic carbocycles. The average molecular weight is 263 g/mol. The van der Waals surface area contributed by atoms with Gasteiger partial charge in [0.05, 0.1) is 12.2 Å². The van der Waals surface area contributed by atoms with Crippen LogP contribution in [0.3, 0.4) is 0 Å². The van der Waals surface area contributed by atoms with Gasteiger partial charge in [-0.2, -0.15) is 0 Å². The van der Waals surface area contributed by atoms with Gasteiger partial charge in [-0.25, -0.2) is 0 Å². The van der Waals surface area contributed by atoms with Crippen molar-refractivity contribution in [3.63, 3.8) is 0 Å². The molecule has 2 aromatic rings. The molecule has 3 nitrogen and oxygen atoms in total. The zero-order valence-corrected chi connectivity index (χ0v) is 10.8. The summed E-state index contributed by atoms with van der Waals surface area (Å²) in [6.45, 7) is 1.04. The maximum absolute atomic E-state index is 6.03. The summed E-state index contributed by atoms with van der Waals surface area (Å²) in [5, 5.41) is 8.16. The van der Waals surface area contributed by atoms with Gasteiger partial charge in [-0.1, -0.05) is 35.3 Å². The molecule has 0 amide bonds. The molecule has 3 rings (SSSR count). The summed E-state index contributed by atoms with van der Waals surface area (Å²) in [5.74, 6) is 0.928. The largest absolute Gasteiger partial charge is 0.359 e. The number of aromatic nitrogens is 1. The van der Waals surface area contributed by atoms with Crippen molar-refractivity contribution in [1.29, 1.82) is 0 Å². The predicted molar refractivity (Wildman–Crippen MR) is 71.5 cm³/mol. The second-order valence-corrected chi connectivity index (χ2v) is 5.05. The van der Waals surface area contributed by atoms with E-state index in [-0.39, 0.29) is 6.04 Å².